The number of nitrogens with zero attached hydrogens (tertiary/aromatic N) is 4. The number of aromatic nitrogens is 2. The van der Waals surface area contributed by atoms with Crippen molar-refractivity contribution in [2.24, 2.45) is 0 Å². The maximum absolute atomic E-state index is 14.6. The predicted molar refractivity (Wildman–Crippen MR) is 139 cm³/mol. The van der Waals surface area contributed by atoms with Crippen LogP contribution in [-0.2, 0) is 5.41 Å². The molecule has 2 aliphatic heterocycles. The van der Waals surface area contributed by atoms with Gasteiger partial charge >= 0.3 is 0 Å². The smallest absolute Gasteiger partial charge is 0.256 e. The fourth-order valence-electron chi connectivity index (χ4n) is 4.72. The molecule has 0 spiro atoms. The second kappa shape index (κ2) is 9.72. The second-order valence-corrected chi connectivity index (χ2v) is 10.3. The summed E-state index contributed by atoms with van der Waals surface area (Å²) in [7, 11) is 1.56. The lowest BCUT2D eigenvalue weighted by atomic mass is 9.80. The molecule has 8 nitrogen and oxygen atoms in total. The van der Waals surface area contributed by atoms with Gasteiger partial charge in [-0.3, -0.25) is 4.79 Å². The number of β-amino-alcohol motifs (C(OH)–C–C–N with tert-alkyl or cyclic N) is 1. The summed E-state index contributed by atoms with van der Waals surface area (Å²) >= 11 is 7.08. The van der Waals surface area contributed by atoms with E-state index in [0.717, 1.165) is 10.6 Å². The Balaban J connectivity index is 1.41. The lowest BCUT2D eigenvalue weighted by Crippen LogP contribution is -2.53. The van der Waals surface area contributed by atoms with Crippen molar-refractivity contribution in [2.45, 2.75) is 24.9 Å². The number of benzene rings is 2. The number of thiocarbonyl (C=S) groups is 1. The van der Waals surface area contributed by atoms with E-state index in [1.54, 1.807) is 49.3 Å². The molecule has 0 bridgehead atoms. The summed E-state index contributed by atoms with van der Waals surface area (Å²) in [6, 6.07) is 10.5. The number of anilines is 1. The summed E-state index contributed by atoms with van der Waals surface area (Å²) < 4.78 is 24.1. The molecule has 3 heterocycles. The van der Waals surface area contributed by atoms with Crippen molar-refractivity contribution in [1.82, 2.24) is 19.2 Å². The summed E-state index contributed by atoms with van der Waals surface area (Å²) in [5.41, 5.74) is 1.84. The fourth-order valence-corrected chi connectivity index (χ4v) is 5.73. The predicted octanol–water partition coefficient (Wildman–Crippen LogP) is 3.20. The van der Waals surface area contributed by atoms with Crippen molar-refractivity contribution < 1.29 is 19.0 Å². The average molecular weight is 528 g/mol. The highest BCUT2D eigenvalue weighted by atomic mass is 32.1. The standard InChI is InChI=1S/C25H26FN5O3S2/c1-15-3-4-16(9-20(15)26)25(23-27-14-28-36-23)7-8-30(13-25)24(35)29-21-10-18(34-2)5-6-19(21)22(33)31-11-17(32)12-31/h3-6,9-10,14,17,32H,7-8,11-13H2,1-2H3,(H,29,35). The summed E-state index contributed by atoms with van der Waals surface area (Å²) in [4.78, 5) is 21.1. The van der Waals surface area contributed by atoms with Crippen LogP contribution in [0.1, 0.15) is 32.9 Å². The Morgan fingerprint density at radius 1 is 1.28 bits per heavy atom. The van der Waals surface area contributed by atoms with Crippen molar-refractivity contribution in [2.75, 3.05) is 38.6 Å². The normalized spacial score (nSPS) is 19.8. The molecule has 2 saturated heterocycles. The Hall–Kier alpha value is -3.15. The quantitative estimate of drug-likeness (QED) is 0.489. The number of carbonyl (C=O) groups excluding carboxylic acids is 1. The molecule has 2 aromatic carbocycles. The number of aryl methyl sites for hydroxylation is 1. The minimum atomic E-state index is -0.553. The molecule has 36 heavy (non-hydrogen) atoms. The maximum Gasteiger partial charge on any atom is 0.256 e. The molecule has 2 fully saturated rings. The highest BCUT2D eigenvalue weighted by Crippen LogP contribution is 2.42. The number of likely N-dealkylation sites (tertiary alicyclic amines) is 2. The number of ether oxygens (including phenoxy) is 1. The molecule has 1 unspecified atom stereocenters. The zero-order valence-corrected chi connectivity index (χ0v) is 21.5. The molecular weight excluding hydrogens is 501 g/mol. The van der Waals surface area contributed by atoms with Gasteiger partial charge in [-0.2, -0.15) is 4.37 Å². The topological polar surface area (TPSA) is 90.8 Å². The van der Waals surface area contributed by atoms with Gasteiger partial charge < -0.3 is 25.0 Å². The van der Waals surface area contributed by atoms with Gasteiger partial charge in [-0.15, -0.1) is 0 Å². The first-order chi connectivity index (χ1) is 17.3. The minimum Gasteiger partial charge on any atom is -0.497 e. The van der Waals surface area contributed by atoms with Crippen LogP contribution in [0.3, 0.4) is 0 Å². The van der Waals surface area contributed by atoms with Crippen molar-refractivity contribution in [3.63, 3.8) is 0 Å². The zero-order chi connectivity index (χ0) is 25.4. The van der Waals surface area contributed by atoms with Crippen molar-refractivity contribution in [3.05, 3.63) is 70.2 Å². The van der Waals surface area contributed by atoms with Gasteiger partial charge in [-0.05, 0) is 66.4 Å². The number of nitrogens with one attached hydrogen (secondary N) is 1. The largest absolute Gasteiger partial charge is 0.497 e. The molecule has 1 aromatic heterocycles. The number of aliphatic hydroxyl groups is 1. The van der Waals surface area contributed by atoms with Gasteiger partial charge in [-0.1, -0.05) is 12.1 Å². The monoisotopic (exact) mass is 527 g/mol. The van der Waals surface area contributed by atoms with E-state index in [1.807, 2.05) is 11.0 Å². The molecule has 1 atom stereocenters. The van der Waals surface area contributed by atoms with Crippen LogP contribution in [0.25, 0.3) is 0 Å². The van der Waals surface area contributed by atoms with E-state index < -0.39 is 11.5 Å². The van der Waals surface area contributed by atoms with Crippen LogP contribution >= 0.6 is 23.8 Å². The number of rotatable bonds is 5. The molecule has 0 radical (unpaired) electrons. The van der Waals surface area contributed by atoms with Crippen LogP contribution in [0.2, 0.25) is 0 Å². The first-order valence-corrected chi connectivity index (χ1v) is 12.7. The van der Waals surface area contributed by atoms with E-state index in [1.165, 1.54) is 17.9 Å². The fraction of sp³-hybridized carbons (Fsp3) is 0.360. The number of hydrogen-bond donors (Lipinski definition) is 2. The number of carbonyl (C=O) groups is 1. The van der Waals surface area contributed by atoms with Gasteiger partial charge in [0.2, 0.25) is 0 Å². The molecule has 0 aliphatic carbocycles. The van der Waals surface area contributed by atoms with Gasteiger partial charge in [0, 0.05) is 32.2 Å². The van der Waals surface area contributed by atoms with E-state index in [2.05, 4.69) is 14.7 Å². The Kier molecular flexibility index (Phi) is 6.62. The van der Waals surface area contributed by atoms with Crippen molar-refractivity contribution in [3.8, 4) is 5.75 Å². The minimum absolute atomic E-state index is 0.187. The maximum atomic E-state index is 14.6. The van der Waals surface area contributed by atoms with Crippen LogP contribution in [0.5, 0.6) is 5.75 Å². The van der Waals surface area contributed by atoms with Gasteiger partial charge in [-0.25, -0.2) is 9.37 Å². The molecule has 3 aromatic rings. The second-order valence-electron chi connectivity index (χ2n) is 9.17. The summed E-state index contributed by atoms with van der Waals surface area (Å²) in [6.45, 7) is 3.45. The summed E-state index contributed by atoms with van der Waals surface area (Å²) in [5, 5.41) is 14.1. The number of aliphatic hydroxyl groups excluding tert-OH is 1. The zero-order valence-electron chi connectivity index (χ0n) is 19.9. The Bertz CT molecular complexity index is 1300. The SMILES string of the molecule is COc1ccc(C(=O)N2CC(O)C2)c(NC(=S)N2CCC(c3ccc(C)c(F)c3)(c3ncns3)C2)c1. The van der Waals surface area contributed by atoms with E-state index in [4.69, 9.17) is 17.0 Å². The Labute approximate surface area is 217 Å². The third-order valence-corrected chi connectivity index (χ3v) is 8.13. The third kappa shape index (κ3) is 4.42. The van der Waals surface area contributed by atoms with Crippen molar-refractivity contribution >= 4 is 40.5 Å². The summed E-state index contributed by atoms with van der Waals surface area (Å²) in [6.07, 6.45) is 1.71. The molecule has 0 saturated carbocycles. The van der Waals surface area contributed by atoms with Crippen LogP contribution in [0, 0.1) is 12.7 Å². The lowest BCUT2D eigenvalue weighted by molar-refractivity contribution is 0.00596. The number of hydrogen-bond acceptors (Lipinski definition) is 7. The molecule has 2 aliphatic rings. The van der Waals surface area contributed by atoms with Gasteiger partial charge in [0.1, 0.15) is 22.9 Å². The number of amides is 1. The average Bonchev–Trinajstić information content (AvgIpc) is 3.54. The Morgan fingerprint density at radius 2 is 2.08 bits per heavy atom. The molecule has 188 valence electrons. The van der Waals surface area contributed by atoms with E-state index in [0.29, 0.717) is 60.3 Å². The number of halogens is 1. The molecule has 11 heteroatoms. The first kappa shape index (κ1) is 24.5. The van der Waals surface area contributed by atoms with Crippen LogP contribution < -0.4 is 10.1 Å². The van der Waals surface area contributed by atoms with Gasteiger partial charge in [0.25, 0.3) is 5.91 Å². The Morgan fingerprint density at radius 3 is 2.75 bits per heavy atom. The summed E-state index contributed by atoms with van der Waals surface area (Å²) in [5.74, 6) is 0.138. The van der Waals surface area contributed by atoms with Crippen LogP contribution in [0.4, 0.5) is 10.1 Å². The van der Waals surface area contributed by atoms with E-state index in [9.17, 15) is 14.3 Å². The van der Waals surface area contributed by atoms with E-state index in [-0.39, 0.29) is 11.7 Å². The van der Waals surface area contributed by atoms with Crippen LogP contribution in [0.15, 0.2) is 42.7 Å². The molecular formula is C25H26FN5O3S2. The highest BCUT2D eigenvalue weighted by molar-refractivity contribution is 7.80. The third-order valence-electron chi connectivity index (χ3n) is 6.90. The molecule has 2 N–H and O–H groups in total. The van der Waals surface area contributed by atoms with E-state index >= 15 is 0 Å². The highest BCUT2D eigenvalue weighted by Gasteiger charge is 2.45. The van der Waals surface area contributed by atoms with Crippen LogP contribution in [-0.4, -0.2) is 74.7 Å². The molecule has 5 rings (SSSR count). The van der Waals surface area contributed by atoms with Gasteiger partial charge in [0.15, 0.2) is 5.11 Å². The van der Waals surface area contributed by atoms with Gasteiger partial charge in [0.05, 0.1) is 29.9 Å². The first-order valence-electron chi connectivity index (χ1n) is 11.6. The number of methoxy groups -OCH3 is 1. The lowest BCUT2D eigenvalue weighted by Gasteiger charge is -2.36. The van der Waals surface area contributed by atoms with Crippen molar-refractivity contribution in [1.29, 1.82) is 0 Å². The molecule has 1 amide bonds.